The molecule has 100 valence electrons. The first-order valence-corrected chi connectivity index (χ1v) is 6.41. The van der Waals surface area contributed by atoms with Crippen molar-refractivity contribution in [2.45, 2.75) is 6.42 Å². The summed E-state index contributed by atoms with van der Waals surface area (Å²) in [6.45, 7) is 0.290. The molecule has 19 heavy (non-hydrogen) atoms. The lowest BCUT2D eigenvalue weighted by Gasteiger charge is -2.08. The highest BCUT2D eigenvalue weighted by Crippen LogP contribution is 2.28. The summed E-state index contributed by atoms with van der Waals surface area (Å²) in [6, 6.07) is 3.60. The van der Waals surface area contributed by atoms with Gasteiger partial charge in [0.1, 0.15) is 0 Å². The maximum absolute atomic E-state index is 13.5. The third-order valence-corrected chi connectivity index (χ3v) is 3.30. The number of nitro benzene ring substituents is 1. The van der Waals surface area contributed by atoms with Gasteiger partial charge < -0.3 is 5.32 Å². The van der Waals surface area contributed by atoms with Crippen LogP contribution in [-0.2, 0) is 6.42 Å². The predicted octanol–water partition coefficient (Wildman–Crippen LogP) is 3.59. The summed E-state index contributed by atoms with van der Waals surface area (Å²) in [6.07, 6.45) is 0.580. The lowest BCUT2D eigenvalue weighted by Crippen LogP contribution is -2.09. The Balaban J connectivity index is 2.14. The Morgan fingerprint density at radius 3 is 2.74 bits per heavy atom. The van der Waals surface area contributed by atoms with Crippen LogP contribution in [0, 0.1) is 21.7 Å². The average Bonchev–Trinajstić information content (AvgIpc) is 2.87. The summed E-state index contributed by atoms with van der Waals surface area (Å²) in [5, 5.41) is 17.2. The van der Waals surface area contributed by atoms with E-state index in [9.17, 15) is 18.9 Å². The van der Waals surface area contributed by atoms with E-state index in [4.69, 9.17) is 0 Å². The van der Waals surface area contributed by atoms with Crippen LogP contribution >= 0.6 is 11.3 Å². The van der Waals surface area contributed by atoms with Crippen LogP contribution in [0.25, 0.3) is 0 Å². The van der Waals surface area contributed by atoms with Crippen LogP contribution in [-0.4, -0.2) is 11.5 Å². The van der Waals surface area contributed by atoms with Gasteiger partial charge in [-0.2, -0.15) is 11.3 Å². The van der Waals surface area contributed by atoms with E-state index in [-0.39, 0.29) is 6.54 Å². The molecule has 0 radical (unpaired) electrons. The van der Waals surface area contributed by atoms with Gasteiger partial charge in [-0.1, -0.05) is 0 Å². The maximum Gasteiger partial charge on any atom is 0.295 e. The Hall–Kier alpha value is -2.02. The van der Waals surface area contributed by atoms with E-state index >= 15 is 0 Å². The van der Waals surface area contributed by atoms with E-state index in [2.05, 4.69) is 5.32 Å². The molecule has 0 aliphatic rings. The predicted molar refractivity (Wildman–Crippen MR) is 69.5 cm³/mol. The first-order valence-electron chi connectivity index (χ1n) is 5.47. The molecule has 4 nitrogen and oxygen atoms in total. The van der Waals surface area contributed by atoms with E-state index in [1.54, 1.807) is 0 Å². The fourth-order valence-electron chi connectivity index (χ4n) is 1.63. The Morgan fingerprint density at radius 1 is 1.32 bits per heavy atom. The van der Waals surface area contributed by atoms with Gasteiger partial charge in [-0.3, -0.25) is 10.1 Å². The number of halogens is 2. The standard InChI is InChI=1S/C12H10F2N2O2S/c13-9-1-2-10(16(17)18)12(11(9)14)15-5-3-8-4-6-19-7-8/h1-2,4,6-7,15H,3,5H2. The van der Waals surface area contributed by atoms with E-state index < -0.39 is 27.9 Å². The summed E-state index contributed by atoms with van der Waals surface area (Å²) in [4.78, 5) is 10.0. The number of hydrogen-bond acceptors (Lipinski definition) is 4. The summed E-state index contributed by atoms with van der Waals surface area (Å²) in [7, 11) is 0. The van der Waals surface area contributed by atoms with Gasteiger partial charge in [0, 0.05) is 12.6 Å². The van der Waals surface area contributed by atoms with Crippen LogP contribution < -0.4 is 5.32 Å². The van der Waals surface area contributed by atoms with Crippen molar-refractivity contribution < 1.29 is 13.7 Å². The Kier molecular flexibility index (Phi) is 4.06. The fourth-order valence-corrected chi connectivity index (χ4v) is 2.33. The van der Waals surface area contributed by atoms with E-state index in [1.807, 2.05) is 16.8 Å². The minimum atomic E-state index is -1.22. The molecule has 7 heteroatoms. The number of benzene rings is 1. The quantitative estimate of drug-likeness (QED) is 0.674. The second kappa shape index (κ2) is 5.75. The van der Waals surface area contributed by atoms with Crippen molar-refractivity contribution in [1.29, 1.82) is 0 Å². The molecule has 0 amide bonds. The molecule has 0 bridgehead atoms. The number of nitrogens with zero attached hydrogens (tertiary/aromatic N) is 1. The third kappa shape index (κ3) is 3.05. The number of nitrogens with one attached hydrogen (secondary N) is 1. The Bertz CT molecular complexity index is 588. The minimum absolute atomic E-state index is 0.290. The zero-order chi connectivity index (χ0) is 13.8. The molecule has 0 aliphatic heterocycles. The van der Waals surface area contributed by atoms with Gasteiger partial charge in [0.25, 0.3) is 5.69 Å². The van der Waals surface area contributed by atoms with Crippen molar-refractivity contribution in [2.24, 2.45) is 0 Å². The van der Waals surface area contributed by atoms with E-state index in [1.165, 1.54) is 11.3 Å². The largest absolute Gasteiger partial charge is 0.377 e. The van der Waals surface area contributed by atoms with Crippen molar-refractivity contribution in [3.63, 3.8) is 0 Å². The van der Waals surface area contributed by atoms with Crippen LogP contribution in [0.2, 0.25) is 0 Å². The Labute approximate surface area is 111 Å². The van der Waals surface area contributed by atoms with Gasteiger partial charge in [0.05, 0.1) is 4.92 Å². The third-order valence-electron chi connectivity index (χ3n) is 2.57. The molecule has 1 heterocycles. The Morgan fingerprint density at radius 2 is 2.11 bits per heavy atom. The normalized spacial score (nSPS) is 10.4. The molecule has 1 aromatic carbocycles. The maximum atomic E-state index is 13.5. The van der Waals surface area contributed by atoms with E-state index in [0.717, 1.165) is 17.7 Å². The first-order chi connectivity index (χ1) is 9.09. The van der Waals surface area contributed by atoms with Gasteiger partial charge in [-0.15, -0.1) is 0 Å². The highest BCUT2D eigenvalue weighted by atomic mass is 32.1. The number of hydrogen-bond donors (Lipinski definition) is 1. The summed E-state index contributed by atoms with van der Waals surface area (Å²) < 4.78 is 26.6. The summed E-state index contributed by atoms with van der Waals surface area (Å²) >= 11 is 1.53. The number of thiophene rings is 1. The molecule has 0 saturated carbocycles. The van der Waals surface area contributed by atoms with Crippen LogP contribution in [0.5, 0.6) is 0 Å². The molecule has 0 spiro atoms. The first kappa shape index (κ1) is 13.4. The fraction of sp³-hybridized carbons (Fsp3) is 0.167. The van der Waals surface area contributed by atoms with Crippen molar-refractivity contribution >= 4 is 22.7 Å². The highest BCUT2D eigenvalue weighted by molar-refractivity contribution is 7.07. The van der Waals surface area contributed by atoms with Gasteiger partial charge in [0.2, 0.25) is 0 Å². The molecule has 0 fully saturated rings. The minimum Gasteiger partial charge on any atom is -0.377 e. The zero-order valence-electron chi connectivity index (χ0n) is 9.73. The molecule has 0 atom stereocenters. The van der Waals surface area contributed by atoms with Crippen molar-refractivity contribution in [1.82, 2.24) is 0 Å². The lowest BCUT2D eigenvalue weighted by molar-refractivity contribution is -0.384. The number of anilines is 1. The molecular weight excluding hydrogens is 274 g/mol. The number of nitro groups is 1. The van der Waals surface area contributed by atoms with Crippen molar-refractivity contribution in [3.05, 3.63) is 56.3 Å². The second-order valence-electron chi connectivity index (χ2n) is 3.82. The molecule has 0 saturated heterocycles. The van der Waals surface area contributed by atoms with Gasteiger partial charge in [-0.05, 0) is 34.9 Å². The van der Waals surface area contributed by atoms with Crippen LogP contribution in [0.15, 0.2) is 29.0 Å². The molecule has 0 unspecified atom stereocenters. The summed E-state index contributed by atoms with van der Waals surface area (Å²) in [5.41, 5.74) is 0.168. The average molecular weight is 284 g/mol. The lowest BCUT2D eigenvalue weighted by atomic mass is 10.2. The molecular formula is C12H10F2N2O2S. The van der Waals surface area contributed by atoms with Crippen molar-refractivity contribution in [3.8, 4) is 0 Å². The molecule has 1 N–H and O–H groups in total. The van der Waals surface area contributed by atoms with Crippen LogP contribution in [0.4, 0.5) is 20.2 Å². The molecule has 2 aromatic rings. The monoisotopic (exact) mass is 284 g/mol. The zero-order valence-corrected chi connectivity index (χ0v) is 10.5. The summed E-state index contributed by atoms with van der Waals surface area (Å²) in [5.74, 6) is -2.33. The van der Waals surface area contributed by atoms with Gasteiger partial charge >= 0.3 is 0 Å². The van der Waals surface area contributed by atoms with Gasteiger partial charge in [-0.25, -0.2) is 8.78 Å². The molecule has 1 aromatic heterocycles. The molecule has 2 rings (SSSR count). The van der Waals surface area contributed by atoms with Gasteiger partial charge in [0.15, 0.2) is 17.3 Å². The van der Waals surface area contributed by atoms with Crippen LogP contribution in [0.1, 0.15) is 5.56 Å². The highest BCUT2D eigenvalue weighted by Gasteiger charge is 2.21. The topological polar surface area (TPSA) is 55.2 Å². The van der Waals surface area contributed by atoms with E-state index in [0.29, 0.717) is 6.42 Å². The molecule has 0 aliphatic carbocycles. The van der Waals surface area contributed by atoms with Crippen molar-refractivity contribution in [2.75, 3.05) is 11.9 Å². The second-order valence-corrected chi connectivity index (χ2v) is 4.60. The van der Waals surface area contributed by atoms with Crippen LogP contribution in [0.3, 0.4) is 0 Å². The SMILES string of the molecule is O=[N+]([O-])c1ccc(F)c(F)c1NCCc1ccsc1. The number of rotatable bonds is 5. The smallest absolute Gasteiger partial charge is 0.295 e.